The molecule has 1 aromatic carbocycles. The molecule has 1 fully saturated rings. The van der Waals surface area contributed by atoms with Crippen molar-refractivity contribution in [2.24, 2.45) is 5.92 Å². The minimum atomic E-state index is 0.255. The van der Waals surface area contributed by atoms with E-state index in [1.807, 2.05) is 23.1 Å². The van der Waals surface area contributed by atoms with Crippen molar-refractivity contribution in [1.82, 2.24) is 9.80 Å². The molecule has 1 atom stereocenters. The molecule has 0 aromatic heterocycles. The summed E-state index contributed by atoms with van der Waals surface area (Å²) >= 11 is 0. The lowest BCUT2D eigenvalue weighted by molar-refractivity contribution is -0.133. The molecular formula is C17H26N2O. The topological polar surface area (TPSA) is 23.6 Å². The number of carbonyl (C=O) groups excluding carboxylic acids is 1. The second-order valence-corrected chi connectivity index (χ2v) is 5.88. The van der Waals surface area contributed by atoms with E-state index in [0.717, 1.165) is 32.1 Å². The standard InChI is InChI=1S/C17H26N2O/c1-3-19(13-16-9-5-4-6-10-16)17(20)14-18-11-7-8-15(2)12-18/h4-6,9-10,15H,3,7-8,11-14H2,1-2H3. The van der Waals surface area contributed by atoms with E-state index in [4.69, 9.17) is 0 Å². The maximum Gasteiger partial charge on any atom is 0.237 e. The Bertz CT molecular complexity index is 418. The second-order valence-electron chi connectivity index (χ2n) is 5.88. The van der Waals surface area contributed by atoms with Crippen LogP contribution in [0, 0.1) is 5.92 Å². The molecule has 1 heterocycles. The van der Waals surface area contributed by atoms with Crippen LogP contribution in [0.4, 0.5) is 0 Å². The van der Waals surface area contributed by atoms with Crippen LogP contribution in [0.3, 0.4) is 0 Å². The molecule has 1 aliphatic rings. The molecule has 0 saturated carbocycles. The van der Waals surface area contributed by atoms with Gasteiger partial charge >= 0.3 is 0 Å². The number of benzene rings is 1. The van der Waals surface area contributed by atoms with Crippen molar-refractivity contribution in [2.45, 2.75) is 33.2 Å². The van der Waals surface area contributed by atoms with E-state index in [1.54, 1.807) is 0 Å². The Balaban J connectivity index is 1.88. The Hall–Kier alpha value is -1.35. The van der Waals surface area contributed by atoms with Gasteiger partial charge in [-0.15, -0.1) is 0 Å². The third-order valence-corrected chi connectivity index (χ3v) is 4.05. The van der Waals surface area contributed by atoms with Gasteiger partial charge in [0.15, 0.2) is 0 Å². The van der Waals surface area contributed by atoms with Gasteiger partial charge in [0, 0.05) is 19.6 Å². The van der Waals surface area contributed by atoms with Crippen LogP contribution in [0.15, 0.2) is 30.3 Å². The molecule has 1 aliphatic heterocycles. The van der Waals surface area contributed by atoms with E-state index in [1.165, 1.54) is 18.4 Å². The first kappa shape index (κ1) is 15.0. The molecule has 0 bridgehead atoms. The smallest absolute Gasteiger partial charge is 0.237 e. The Kier molecular flexibility index (Phi) is 5.60. The van der Waals surface area contributed by atoms with Gasteiger partial charge in [0.2, 0.25) is 5.91 Å². The van der Waals surface area contributed by atoms with Crippen molar-refractivity contribution >= 4 is 5.91 Å². The minimum Gasteiger partial charge on any atom is -0.338 e. The number of nitrogens with zero attached hydrogens (tertiary/aromatic N) is 2. The van der Waals surface area contributed by atoms with E-state index in [2.05, 4.69) is 30.9 Å². The van der Waals surface area contributed by atoms with Crippen LogP contribution in [-0.2, 0) is 11.3 Å². The summed E-state index contributed by atoms with van der Waals surface area (Å²) in [6, 6.07) is 10.2. The van der Waals surface area contributed by atoms with Crippen molar-refractivity contribution in [3.63, 3.8) is 0 Å². The van der Waals surface area contributed by atoms with Gasteiger partial charge in [-0.05, 0) is 37.8 Å². The van der Waals surface area contributed by atoms with Gasteiger partial charge in [0.05, 0.1) is 6.54 Å². The fourth-order valence-corrected chi connectivity index (χ4v) is 2.90. The average Bonchev–Trinajstić information content (AvgIpc) is 2.45. The van der Waals surface area contributed by atoms with Crippen LogP contribution in [0.5, 0.6) is 0 Å². The lowest BCUT2D eigenvalue weighted by Crippen LogP contribution is -2.43. The van der Waals surface area contributed by atoms with E-state index in [-0.39, 0.29) is 5.91 Å². The molecule has 20 heavy (non-hydrogen) atoms. The highest BCUT2D eigenvalue weighted by atomic mass is 16.2. The fraction of sp³-hybridized carbons (Fsp3) is 0.588. The first-order valence-electron chi connectivity index (χ1n) is 7.73. The summed E-state index contributed by atoms with van der Waals surface area (Å²) in [6.45, 7) is 8.53. The summed E-state index contributed by atoms with van der Waals surface area (Å²) in [7, 11) is 0. The van der Waals surface area contributed by atoms with Crippen LogP contribution in [0.1, 0.15) is 32.3 Å². The third kappa shape index (κ3) is 4.34. The molecule has 0 N–H and O–H groups in total. The first-order chi connectivity index (χ1) is 9.69. The van der Waals surface area contributed by atoms with E-state index in [9.17, 15) is 4.79 Å². The molecule has 1 unspecified atom stereocenters. The Morgan fingerprint density at radius 3 is 2.75 bits per heavy atom. The summed E-state index contributed by atoms with van der Waals surface area (Å²) in [5.74, 6) is 0.978. The van der Waals surface area contributed by atoms with Gasteiger partial charge in [0.25, 0.3) is 0 Å². The van der Waals surface area contributed by atoms with Crippen molar-refractivity contribution in [3.05, 3.63) is 35.9 Å². The number of amides is 1. The summed E-state index contributed by atoms with van der Waals surface area (Å²) in [6.07, 6.45) is 2.52. The average molecular weight is 274 g/mol. The van der Waals surface area contributed by atoms with Crippen LogP contribution >= 0.6 is 0 Å². The van der Waals surface area contributed by atoms with E-state index < -0.39 is 0 Å². The molecule has 0 aliphatic carbocycles. The Morgan fingerprint density at radius 1 is 1.35 bits per heavy atom. The summed E-state index contributed by atoms with van der Waals surface area (Å²) in [4.78, 5) is 16.7. The van der Waals surface area contributed by atoms with E-state index >= 15 is 0 Å². The highest BCUT2D eigenvalue weighted by molar-refractivity contribution is 5.78. The van der Waals surface area contributed by atoms with Gasteiger partial charge in [-0.1, -0.05) is 37.3 Å². The number of rotatable bonds is 5. The summed E-state index contributed by atoms with van der Waals surface area (Å²) in [5.41, 5.74) is 1.20. The molecule has 0 spiro atoms. The van der Waals surface area contributed by atoms with Crippen LogP contribution < -0.4 is 0 Å². The van der Waals surface area contributed by atoms with Gasteiger partial charge in [-0.3, -0.25) is 9.69 Å². The Morgan fingerprint density at radius 2 is 2.10 bits per heavy atom. The number of hydrogen-bond donors (Lipinski definition) is 0. The maximum atomic E-state index is 12.4. The van der Waals surface area contributed by atoms with Gasteiger partial charge in [0.1, 0.15) is 0 Å². The lowest BCUT2D eigenvalue weighted by Gasteiger charge is -2.32. The van der Waals surface area contributed by atoms with Crippen LogP contribution in [0.25, 0.3) is 0 Å². The molecule has 1 aromatic rings. The molecule has 2 rings (SSSR count). The van der Waals surface area contributed by atoms with Crippen molar-refractivity contribution in [1.29, 1.82) is 0 Å². The monoisotopic (exact) mass is 274 g/mol. The maximum absolute atomic E-state index is 12.4. The van der Waals surface area contributed by atoms with Gasteiger partial charge in [-0.2, -0.15) is 0 Å². The van der Waals surface area contributed by atoms with Crippen LogP contribution in [0.2, 0.25) is 0 Å². The molecule has 110 valence electrons. The molecule has 3 heteroatoms. The normalized spacial score (nSPS) is 19.8. The zero-order valence-corrected chi connectivity index (χ0v) is 12.7. The van der Waals surface area contributed by atoms with Crippen molar-refractivity contribution in [2.75, 3.05) is 26.2 Å². The largest absolute Gasteiger partial charge is 0.338 e. The summed E-state index contributed by atoms with van der Waals surface area (Å²) in [5, 5.41) is 0. The van der Waals surface area contributed by atoms with Gasteiger partial charge < -0.3 is 4.90 Å². The molecule has 0 radical (unpaired) electrons. The zero-order valence-electron chi connectivity index (χ0n) is 12.7. The molecule has 1 amide bonds. The number of carbonyl (C=O) groups is 1. The number of likely N-dealkylation sites (N-methyl/N-ethyl adjacent to an activating group) is 1. The lowest BCUT2D eigenvalue weighted by atomic mass is 10.0. The molecular weight excluding hydrogens is 248 g/mol. The van der Waals surface area contributed by atoms with Crippen molar-refractivity contribution in [3.8, 4) is 0 Å². The highest BCUT2D eigenvalue weighted by Crippen LogP contribution is 2.15. The predicted octanol–water partition coefficient (Wildman–Crippen LogP) is 2.77. The number of likely N-dealkylation sites (tertiary alicyclic amines) is 1. The predicted molar refractivity (Wildman–Crippen MR) is 82.4 cm³/mol. The highest BCUT2D eigenvalue weighted by Gasteiger charge is 2.21. The number of piperidine rings is 1. The quantitative estimate of drug-likeness (QED) is 0.824. The summed E-state index contributed by atoms with van der Waals surface area (Å²) < 4.78 is 0. The second kappa shape index (κ2) is 7.44. The third-order valence-electron chi connectivity index (χ3n) is 4.05. The van der Waals surface area contributed by atoms with Crippen LogP contribution in [-0.4, -0.2) is 41.9 Å². The Labute approximate surface area is 122 Å². The zero-order chi connectivity index (χ0) is 14.4. The first-order valence-corrected chi connectivity index (χ1v) is 7.73. The minimum absolute atomic E-state index is 0.255. The molecule has 1 saturated heterocycles. The molecule has 3 nitrogen and oxygen atoms in total. The fourth-order valence-electron chi connectivity index (χ4n) is 2.90. The van der Waals surface area contributed by atoms with Gasteiger partial charge in [-0.25, -0.2) is 0 Å². The van der Waals surface area contributed by atoms with E-state index in [0.29, 0.717) is 6.54 Å². The SMILES string of the molecule is CCN(Cc1ccccc1)C(=O)CN1CCCC(C)C1. The number of hydrogen-bond acceptors (Lipinski definition) is 2. The van der Waals surface area contributed by atoms with Crippen molar-refractivity contribution < 1.29 is 4.79 Å².